The topological polar surface area (TPSA) is 111 Å². The molecule has 0 aliphatic carbocycles. The Bertz CT molecular complexity index is 1440. The van der Waals surface area contributed by atoms with E-state index in [9.17, 15) is 9.59 Å². The molecule has 1 aliphatic heterocycles. The summed E-state index contributed by atoms with van der Waals surface area (Å²) in [6.45, 7) is 7.85. The number of carbonyl (C=O) groups excluding carboxylic acids is 1. The smallest absolute Gasteiger partial charge is 0.265 e. The van der Waals surface area contributed by atoms with Crippen LogP contribution in [0.1, 0.15) is 36.2 Å². The number of ether oxygens (including phenoxy) is 1. The fourth-order valence-corrected chi connectivity index (χ4v) is 4.43. The molecule has 35 heavy (non-hydrogen) atoms. The van der Waals surface area contributed by atoms with Crippen molar-refractivity contribution in [3.8, 4) is 11.4 Å². The van der Waals surface area contributed by atoms with Gasteiger partial charge in [0, 0.05) is 24.6 Å². The second-order valence-electron chi connectivity index (χ2n) is 9.19. The molecule has 1 atom stereocenters. The molecule has 2 aromatic heterocycles. The summed E-state index contributed by atoms with van der Waals surface area (Å²) >= 11 is 0. The van der Waals surface area contributed by atoms with Crippen LogP contribution in [0.15, 0.2) is 64.4 Å². The van der Waals surface area contributed by atoms with Crippen LogP contribution in [0.2, 0.25) is 0 Å². The van der Waals surface area contributed by atoms with Gasteiger partial charge in [0.05, 0.1) is 16.6 Å². The van der Waals surface area contributed by atoms with Crippen molar-refractivity contribution in [2.45, 2.75) is 32.8 Å². The van der Waals surface area contributed by atoms with Crippen molar-refractivity contribution in [3.63, 3.8) is 0 Å². The van der Waals surface area contributed by atoms with Crippen LogP contribution in [0, 0.1) is 12.8 Å². The molecule has 2 aromatic carbocycles. The zero-order valence-corrected chi connectivity index (χ0v) is 19.9. The predicted molar refractivity (Wildman–Crippen MR) is 132 cm³/mol. The molecule has 3 heterocycles. The number of aryl methyl sites for hydroxylation is 1. The Labute approximate surface area is 202 Å². The van der Waals surface area contributed by atoms with E-state index in [4.69, 9.17) is 9.26 Å². The summed E-state index contributed by atoms with van der Waals surface area (Å²) in [5.74, 6) is 0.907. The minimum Gasteiger partial charge on any atom is -0.486 e. The zero-order chi connectivity index (χ0) is 24.6. The lowest BCUT2D eigenvalue weighted by atomic mass is 9.89. The number of hydrogen-bond acceptors (Lipinski definition) is 7. The van der Waals surface area contributed by atoms with E-state index in [0.717, 1.165) is 25.1 Å². The summed E-state index contributed by atoms with van der Waals surface area (Å²) in [5, 5.41) is 10.2. The maximum absolute atomic E-state index is 13.6. The molecule has 1 amide bonds. The van der Waals surface area contributed by atoms with Gasteiger partial charge in [-0.3, -0.25) is 14.2 Å². The van der Waals surface area contributed by atoms with Gasteiger partial charge in [-0.1, -0.05) is 25.1 Å². The van der Waals surface area contributed by atoms with Gasteiger partial charge in [-0.25, -0.2) is 4.98 Å². The number of fused-ring (bicyclic) bond motifs is 1. The van der Waals surface area contributed by atoms with Crippen molar-refractivity contribution in [3.05, 3.63) is 76.5 Å². The van der Waals surface area contributed by atoms with Crippen LogP contribution in [0.25, 0.3) is 16.6 Å². The molecule has 5 rings (SSSR count). The van der Waals surface area contributed by atoms with Crippen LogP contribution in [0.4, 0.5) is 5.82 Å². The third-order valence-corrected chi connectivity index (χ3v) is 6.66. The maximum Gasteiger partial charge on any atom is 0.265 e. The summed E-state index contributed by atoms with van der Waals surface area (Å²) in [5.41, 5.74) is 1.82. The highest BCUT2D eigenvalue weighted by atomic mass is 16.5. The summed E-state index contributed by atoms with van der Waals surface area (Å²) in [4.78, 5) is 30.7. The van der Waals surface area contributed by atoms with Crippen molar-refractivity contribution < 1.29 is 14.1 Å². The molecule has 2 N–H and O–H groups in total. The number of nitrogens with zero attached hydrogens (tertiary/aromatic N) is 3. The molecular weight excluding hydrogens is 446 g/mol. The first-order valence-corrected chi connectivity index (χ1v) is 11.6. The Hall–Kier alpha value is -3.98. The van der Waals surface area contributed by atoms with Gasteiger partial charge in [0.1, 0.15) is 23.9 Å². The Morgan fingerprint density at radius 1 is 1.23 bits per heavy atom. The van der Waals surface area contributed by atoms with Gasteiger partial charge in [-0.2, -0.15) is 0 Å². The second-order valence-corrected chi connectivity index (χ2v) is 9.19. The van der Waals surface area contributed by atoms with E-state index in [1.807, 2.05) is 13.0 Å². The van der Waals surface area contributed by atoms with Gasteiger partial charge in [0.15, 0.2) is 5.82 Å². The van der Waals surface area contributed by atoms with E-state index in [-0.39, 0.29) is 17.1 Å². The van der Waals surface area contributed by atoms with E-state index in [2.05, 4.69) is 34.6 Å². The molecule has 0 unspecified atom stereocenters. The molecule has 1 aliphatic rings. The van der Waals surface area contributed by atoms with Gasteiger partial charge in [-0.05, 0) is 55.3 Å². The van der Waals surface area contributed by atoms with Crippen LogP contribution >= 0.6 is 0 Å². The summed E-state index contributed by atoms with van der Waals surface area (Å²) in [6, 6.07) is 12.1. The SMILES string of the molecule is Cc1ccc(C(=O)Nc2ccon2)cc1-n1cnc2ccc(O[C@]3(C(C)C)CCNC3)cc2c1=O. The van der Waals surface area contributed by atoms with Crippen LogP contribution in [-0.2, 0) is 0 Å². The normalized spacial score (nSPS) is 17.7. The molecule has 1 saturated heterocycles. The number of aromatic nitrogens is 3. The quantitative estimate of drug-likeness (QED) is 0.439. The monoisotopic (exact) mass is 473 g/mol. The number of benzene rings is 2. The van der Waals surface area contributed by atoms with Gasteiger partial charge in [-0.15, -0.1) is 0 Å². The van der Waals surface area contributed by atoms with E-state index in [1.54, 1.807) is 36.4 Å². The molecule has 9 nitrogen and oxygen atoms in total. The molecule has 4 aromatic rings. The lowest BCUT2D eigenvalue weighted by Gasteiger charge is -2.33. The molecule has 0 bridgehead atoms. The molecule has 180 valence electrons. The van der Waals surface area contributed by atoms with Crippen LogP contribution in [-0.4, -0.2) is 39.3 Å². The number of amides is 1. The molecule has 1 fully saturated rings. The fraction of sp³-hybridized carbons (Fsp3) is 0.308. The zero-order valence-electron chi connectivity index (χ0n) is 19.9. The highest BCUT2D eigenvalue weighted by Crippen LogP contribution is 2.31. The highest BCUT2D eigenvalue weighted by molar-refractivity contribution is 6.04. The Kier molecular flexibility index (Phi) is 5.86. The Morgan fingerprint density at radius 2 is 2.09 bits per heavy atom. The third-order valence-electron chi connectivity index (χ3n) is 6.66. The van der Waals surface area contributed by atoms with Crippen molar-refractivity contribution >= 4 is 22.6 Å². The van der Waals surface area contributed by atoms with E-state index in [1.165, 1.54) is 17.2 Å². The number of carbonyl (C=O) groups is 1. The van der Waals surface area contributed by atoms with Crippen LogP contribution in [0.5, 0.6) is 5.75 Å². The fourth-order valence-electron chi connectivity index (χ4n) is 4.43. The summed E-state index contributed by atoms with van der Waals surface area (Å²) in [6.07, 6.45) is 3.77. The standard InChI is InChI=1S/C26H27N5O4/c1-16(2)26(9-10-27-14-26)35-19-6-7-21-20(13-19)25(33)31(15-28-21)22-12-18(5-4-17(22)3)24(32)29-23-8-11-34-30-23/h4-8,11-13,15-16,27H,9-10,14H2,1-3H3,(H,29,30,32)/t26-/m1/s1. The van der Waals surface area contributed by atoms with Gasteiger partial charge in [0.25, 0.3) is 11.5 Å². The van der Waals surface area contributed by atoms with Crippen molar-refractivity contribution in [1.82, 2.24) is 20.0 Å². The van der Waals surface area contributed by atoms with Gasteiger partial charge in [0.2, 0.25) is 0 Å². The minimum atomic E-state index is -0.359. The highest BCUT2D eigenvalue weighted by Gasteiger charge is 2.39. The maximum atomic E-state index is 13.6. The van der Waals surface area contributed by atoms with E-state index >= 15 is 0 Å². The first-order valence-electron chi connectivity index (χ1n) is 11.6. The predicted octanol–water partition coefficient (Wildman–Crippen LogP) is 3.70. The molecular formula is C26H27N5O4. The van der Waals surface area contributed by atoms with Crippen molar-refractivity contribution in [1.29, 1.82) is 0 Å². The lowest BCUT2D eigenvalue weighted by molar-refractivity contribution is 0.0421. The van der Waals surface area contributed by atoms with E-state index < -0.39 is 0 Å². The number of anilines is 1. The van der Waals surface area contributed by atoms with Crippen molar-refractivity contribution in [2.75, 3.05) is 18.4 Å². The number of rotatable bonds is 6. The number of hydrogen-bond donors (Lipinski definition) is 2. The first-order chi connectivity index (χ1) is 16.9. The average Bonchev–Trinajstić information content (AvgIpc) is 3.53. The summed E-state index contributed by atoms with van der Waals surface area (Å²) in [7, 11) is 0. The molecule has 9 heteroatoms. The van der Waals surface area contributed by atoms with E-state index in [0.29, 0.717) is 39.6 Å². The Balaban J connectivity index is 1.52. The lowest BCUT2D eigenvalue weighted by Crippen LogP contribution is -2.43. The van der Waals surface area contributed by atoms with Crippen LogP contribution in [0.3, 0.4) is 0 Å². The first kappa shape index (κ1) is 22.8. The number of nitrogens with one attached hydrogen (secondary N) is 2. The third kappa shape index (κ3) is 4.30. The average molecular weight is 474 g/mol. The second kappa shape index (κ2) is 8.99. The van der Waals surface area contributed by atoms with Crippen LogP contribution < -0.4 is 20.9 Å². The van der Waals surface area contributed by atoms with Gasteiger partial charge < -0.3 is 19.9 Å². The minimum absolute atomic E-state index is 0.235. The molecule has 0 radical (unpaired) electrons. The summed E-state index contributed by atoms with van der Waals surface area (Å²) < 4.78 is 12.7. The largest absolute Gasteiger partial charge is 0.486 e. The Morgan fingerprint density at radius 3 is 2.80 bits per heavy atom. The molecule has 0 saturated carbocycles. The molecule has 0 spiro atoms. The van der Waals surface area contributed by atoms with Gasteiger partial charge >= 0.3 is 0 Å². The van der Waals surface area contributed by atoms with Crippen molar-refractivity contribution in [2.24, 2.45) is 5.92 Å².